The lowest BCUT2D eigenvalue weighted by molar-refractivity contribution is -0.325. The van der Waals surface area contributed by atoms with Crippen molar-refractivity contribution in [3.8, 4) is 11.8 Å². The van der Waals surface area contributed by atoms with Crippen LogP contribution in [0.2, 0.25) is 5.02 Å². The molecule has 2 aromatic rings. The Bertz CT molecular complexity index is 978. The van der Waals surface area contributed by atoms with Gasteiger partial charge in [-0.25, -0.2) is 0 Å². The molecule has 2 heterocycles. The number of benzene rings is 1. The molecule has 1 aliphatic heterocycles. The number of nitrogens with one attached hydrogen (secondary N) is 2. The summed E-state index contributed by atoms with van der Waals surface area (Å²) >= 11 is 5.76. The lowest BCUT2D eigenvalue weighted by Gasteiger charge is -2.28. The highest BCUT2D eigenvalue weighted by Crippen LogP contribution is 2.31. The van der Waals surface area contributed by atoms with Crippen molar-refractivity contribution in [2.24, 2.45) is 0 Å². The van der Waals surface area contributed by atoms with E-state index in [0.717, 1.165) is 18.2 Å². The summed E-state index contributed by atoms with van der Waals surface area (Å²) in [4.78, 5) is 12.4. The molecule has 1 fully saturated rings. The molecule has 1 saturated heterocycles. The Morgan fingerprint density at radius 3 is 2.53 bits per heavy atom. The quantitative estimate of drug-likeness (QED) is 0.402. The lowest BCUT2D eigenvalue weighted by Crippen LogP contribution is -2.46. The number of piperidine rings is 1. The number of amides is 1. The minimum Gasteiger partial charge on any atom is -0.447 e. The molecule has 9 nitrogen and oxygen atoms in total. The summed E-state index contributed by atoms with van der Waals surface area (Å²) in [5.74, 6) is -1.01. The molecule has 3 rings (SSSR count). The molecule has 1 amide bonds. The topological polar surface area (TPSA) is 108 Å². The monoisotopic (exact) mass is 518 g/mol. The van der Waals surface area contributed by atoms with Gasteiger partial charge in [0.15, 0.2) is 0 Å². The number of ether oxygens (including phenoxy) is 3. The molecule has 1 aliphatic rings. The van der Waals surface area contributed by atoms with Crippen LogP contribution in [0.4, 0.5) is 26.3 Å². The summed E-state index contributed by atoms with van der Waals surface area (Å²) in [6.07, 6.45) is -9.04. The third-order valence-corrected chi connectivity index (χ3v) is 4.76. The maximum atomic E-state index is 12.4. The Morgan fingerprint density at radius 1 is 1.15 bits per heavy atom. The van der Waals surface area contributed by atoms with E-state index >= 15 is 0 Å². The first-order valence-corrected chi connectivity index (χ1v) is 10.0. The number of halogens is 7. The average Bonchev–Trinajstić information content (AvgIpc) is 3.20. The zero-order valence-corrected chi connectivity index (χ0v) is 17.8. The van der Waals surface area contributed by atoms with E-state index in [0.29, 0.717) is 19.4 Å². The number of alkyl halides is 6. The molecule has 0 aliphatic carbocycles. The maximum absolute atomic E-state index is 12.4. The summed E-state index contributed by atoms with van der Waals surface area (Å²) in [5, 5.41) is 12.8. The lowest BCUT2D eigenvalue weighted by atomic mass is 10.0. The van der Waals surface area contributed by atoms with Gasteiger partial charge in [0.2, 0.25) is 5.89 Å². The summed E-state index contributed by atoms with van der Waals surface area (Å²) in [7, 11) is 0. The van der Waals surface area contributed by atoms with Crippen LogP contribution in [0.15, 0.2) is 22.6 Å². The second-order valence-corrected chi connectivity index (χ2v) is 7.36. The van der Waals surface area contributed by atoms with Crippen molar-refractivity contribution in [3.63, 3.8) is 0 Å². The van der Waals surface area contributed by atoms with Gasteiger partial charge in [0.25, 0.3) is 5.91 Å². The molecule has 16 heteroatoms. The van der Waals surface area contributed by atoms with Gasteiger partial charge < -0.3 is 24.5 Å². The van der Waals surface area contributed by atoms with E-state index in [1.54, 1.807) is 0 Å². The fourth-order valence-electron chi connectivity index (χ4n) is 3.01. The second-order valence-electron chi connectivity index (χ2n) is 6.95. The average molecular weight is 519 g/mol. The fraction of sp³-hybridized carbons (Fsp3) is 0.500. The van der Waals surface area contributed by atoms with Crippen molar-refractivity contribution < 1.29 is 49.8 Å². The number of aromatic nitrogens is 2. The summed E-state index contributed by atoms with van der Waals surface area (Å²) < 4.78 is 90.2. The van der Waals surface area contributed by atoms with Gasteiger partial charge >= 0.3 is 18.8 Å². The van der Waals surface area contributed by atoms with Gasteiger partial charge in [-0.3, -0.25) is 9.53 Å². The molecule has 0 bridgehead atoms. The summed E-state index contributed by atoms with van der Waals surface area (Å²) in [6.45, 7) is -0.883. The predicted molar refractivity (Wildman–Crippen MR) is 101 cm³/mol. The molecule has 1 aromatic carbocycles. The SMILES string of the molecule is O=C(N[C@H]1CC[C@H](c2nnc(OCCOC(F)(F)F)o2)NC1)c1ccc(OC(F)(F)F)c(Cl)c1. The number of nitrogens with zero attached hydrogens (tertiary/aromatic N) is 2. The predicted octanol–water partition coefficient (Wildman–Crippen LogP) is 3.76. The molecule has 0 spiro atoms. The van der Waals surface area contributed by atoms with E-state index in [1.165, 1.54) is 0 Å². The van der Waals surface area contributed by atoms with Crippen molar-refractivity contribution >= 4 is 17.5 Å². The zero-order valence-electron chi connectivity index (χ0n) is 17.0. The van der Waals surface area contributed by atoms with Gasteiger partial charge in [0.05, 0.1) is 17.7 Å². The number of carbonyl (C=O) groups excluding carboxylic acids is 1. The van der Waals surface area contributed by atoms with E-state index < -0.39 is 37.6 Å². The standard InChI is InChI=1S/C18H17ClF6N4O5/c19-11-7-9(1-4-13(11)34-18(23,24)25)14(30)27-10-2-3-12(26-8-10)15-28-29-16(33-15)31-5-6-32-17(20,21)22/h1,4,7,10,12,26H,2-3,5-6,8H2,(H,27,30)/t10-,12+/m0/s1. The van der Waals surface area contributed by atoms with Gasteiger partial charge in [-0.1, -0.05) is 16.7 Å². The highest BCUT2D eigenvalue weighted by molar-refractivity contribution is 6.32. The Kier molecular flexibility index (Phi) is 8.09. The van der Waals surface area contributed by atoms with Gasteiger partial charge in [0, 0.05) is 18.2 Å². The van der Waals surface area contributed by atoms with E-state index in [2.05, 4.69) is 30.3 Å². The van der Waals surface area contributed by atoms with Gasteiger partial charge in [-0.2, -0.15) is 0 Å². The van der Waals surface area contributed by atoms with Crippen molar-refractivity contribution in [1.82, 2.24) is 20.8 Å². The Labute approximate surface area is 192 Å². The first-order valence-electron chi connectivity index (χ1n) is 9.66. The van der Waals surface area contributed by atoms with Crippen LogP contribution >= 0.6 is 11.6 Å². The third-order valence-electron chi connectivity index (χ3n) is 4.46. The van der Waals surface area contributed by atoms with Crippen LogP contribution in [0.25, 0.3) is 0 Å². The van der Waals surface area contributed by atoms with Crippen molar-refractivity contribution in [2.75, 3.05) is 19.8 Å². The molecule has 1 aromatic heterocycles. The zero-order chi connectivity index (χ0) is 24.9. The minimum absolute atomic E-state index is 0.0508. The van der Waals surface area contributed by atoms with Crippen molar-refractivity contribution in [2.45, 2.75) is 37.7 Å². The van der Waals surface area contributed by atoms with Crippen LogP contribution in [0.3, 0.4) is 0 Å². The van der Waals surface area contributed by atoms with Crippen LogP contribution in [-0.2, 0) is 4.74 Å². The van der Waals surface area contributed by atoms with E-state index in [4.69, 9.17) is 20.8 Å². The number of carbonyl (C=O) groups is 1. The normalized spacial score (nSPS) is 19.0. The fourth-order valence-corrected chi connectivity index (χ4v) is 3.23. The summed E-state index contributed by atoms with van der Waals surface area (Å²) in [5.41, 5.74) is 0.0508. The molecule has 188 valence electrons. The highest BCUT2D eigenvalue weighted by Gasteiger charge is 2.32. The van der Waals surface area contributed by atoms with Crippen LogP contribution in [0, 0.1) is 0 Å². The maximum Gasteiger partial charge on any atom is 0.573 e. The molecule has 2 N–H and O–H groups in total. The largest absolute Gasteiger partial charge is 0.573 e. The van der Waals surface area contributed by atoms with Gasteiger partial charge in [-0.15, -0.1) is 31.4 Å². The van der Waals surface area contributed by atoms with Gasteiger partial charge in [0.1, 0.15) is 12.4 Å². The number of hydrogen-bond donors (Lipinski definition) is 2. The van der Waals surface area contributed by atoms with Crippen LogP contribution in [0.5, 0.6) is 11.8 Å². The van der Waals surface area contributed by atoms with Crippen LogP contribution in [0.1, 0.15) is 35.1 Å². The smallest absolute Gasteiger partial charge is 0.447 e. The molecule has 2 atom stereocenters. The number of hydrogen-bond acceptors (Lipinski definition) is 8. The molecule has 0 unspecified atom stereocenters. The Hall–Kier alpha value is -2.78. The van der Waals surface area contributed by atoms with Crippen molar-refractivity contribution in [3.05, 3.63) is 34.7 Å². The molecule has 0 radical (unpaired) electrons. The Morgan fingerprint density at radius 2 is 1.91 bits per heavy atom. The van der Waals surface area contributed by atoms with E-state index in [9.17, 15) is 31.1 Å². The highest BCUT2D eigenvalue weighted by atomic mass is 35.5. The first-order chi connectivity index (χ1) is 15.9. The van der Waals surface area contributed by atoms with E-state index in [-0.39, 0.29) is 34.6 Å². The van der Waals surface area contributed by atoms with Crippen LogP contribution in [-0.4, -0.2) is 54.6 Å². The first kappa shape index (κ1) is 25.8. The summed E-state index contributed by atoms with van der Waals surface area (Å²) in [6, 6.07) is 2.48. The molecule has 34 heavy (non-hydrogen) atoms. The van der Waals surface area contributed by atoms with Gasteiger partial charge in [-0.05, 0) is 31.0 Å². The molecule has 0 saturated carbocycles. The number of rotatable bonds is 8. The van der Waals surface area contributed by atoms with E-state index in [1.807, 2.05) is 0 Å². The minimum atomic E-state index is -4.91. The van der Waals surface area contributed by atoms with Crippen molar-refractivity contribution in [1.29, 1.82) is 0 Å². The Balaban J connectivity index is 1.45. The second kappa shape index (κ2) is 10.7. The van der Waals surface area contributed by atoms with Crippen LogP contribution < -0.4 is 20.1 Å². The molecular weight excluding hydrogens is 502 g/mol. The third kappa shape index (κ3) is 7.92. The molecular formula is C18H17ClF6N4O5.